The molecule has 0 N–H and O–H groups in total. The Hall–Kier alpha value is -1.39. The maximum Gasteiger partial charge on any atom is 0.194 e. The van der Waals surface area contributed by atoms with Crippen molar-refractivity contribution in [2.75, 3.05) is 7.05 Å². The number of nitro groups is 1. The van der Waals surface area contributed by atoms with Crippen LogP contribution < -0.4 is 0 Å². The summed E-state index contributed by atoms with van der Waals surface area (Å²) in [5.74, 6) is 0. The molecule has 0 aromatic carbocycles. The van der Waals surface area contributed by atoms with E-state index < -0.39 is 4.92 Å². The highest BCUT2D eigenvalue weighted by Crippen LogP contribution is 1.73. The zero-order valence-electron chi connectivity index (χ0n) is 7.89. The van der Waals surface area contributed by atoms with Crippen molar-refractivity contribution in [2.24, 2.45) is 7.05 Å². The maximum absolute atomic E-state index is 8.81. The van der Waals surface area contributed by atoms with Gasteiger partial charge in [-0.1, -0.05) is 13.8 Å². The number of imidazole rings is 1. The summed E-state index contributed by atoms with van der Waals surface area (Å²) in [4.78, 5) is 12.1. The molecule has 1 rings (SSSR count). The Morgan fingerprint density at radius 2 is 1.92 bits per heavy atom. The van der Waals surface area contributed by atoms with Crippen molar-refractivity contribution in [1.29, 1.82) is 0 Å². The summed E-state index contributed by atoms with van der Waals surface area (Å²) in [6.45, 7) is 4.00. The van der Waals surface area contributed by atoms with E-state index in [-0.39, 0.29) is 0 Å². The van der Waals surface area contributed by atoms with Gasteiger partial charge >= 0.3 is 0 Å². The van der Waals surface area contributed by atoms with Gasteiger partial charge in [0.15, 0.2) is 7.05 Å². The summed E-state index contributed by atoms with van der Waals surface area (Å²) in [6, 6.07) is 0. The van der Waals surface area contributed by atoms with Gasteiger partial charge in [-0.15, -0.1) is 0 Å². The van der Waals surface area contributed by atoms with Crippen LogP contribution in [0.3, 0.4) is 0 Å². The average Bonchev–Trinajstić information content (AvgIpc) is 2.43. The van der Waals surface area contributed by atoms with Gasteiger partial charge in [-0.05, 0) is 0 Å². The van der Waals surface area contributed by atoms with E-state index in [0.29, 0.717) is 0 Å². The third-order valence-corrected chi connectivity index (χ3v) is 0.637. The molecule has 1 aromatic rings. The molecule has 1 heterocycles. The molecule has 70 valence electrons. The lowest BCUT2D eigenvalue weighted by molar-refractivity contribution is -0.445. The summed E-state index contributed by atoms with van der Waals surface area (Å²) >= 11 is 0. The van der Waals surface area contributed by atoms with E-state index in [2.05, 4.69) is 4.98 Å². The highest BCUT2D eigenvalue weighted by molar-refractivity contribution is 4.70. The first-order valence-electron chi connectivity index (χ1n) is 3.63. The van der Waals surface area contributed by atoms with E-state index in [9.17, 15) is 0 Å². The lowest BCUT2D eigenvalue weighted by Gasteiger charge is -1.76. The fraction of sp³-hybridized carbons (Fsp3) is 0.571. The molecule has 0 spiro atoms. The summed E-state index contributed by atoms with van der Waals surface area (Å²) in [5, 5.41) is 8.81. The topological polar surface area (TPSA) is 61.0 Å². The van der Waals surface area contributed by atoms with Crippen LogP contribution >= 0.6 is 0 Å². The number of aryl methyl sites for hydroxylation is 1. The van der Waals surface area contributed by atoms with Crippen LogP contribution in [0.25, 0.3) is 0 Å². The second kappa shape index (κ2) is 9.61. The summed E-state index contributed by atoms with van der Waals surface area (Å²) in [5.41, 5.74) is 0. The minimum Gasteiger partial charge on any atom is -0.341 e. The quantitative estimate of drug-likeness (QED) is 0.439. The molecule has 0 atom stereocenters. The van der Waals surface area contributed by atoms with E-state index in [1.54, 1.807) is 12.5 Å². The van der Waals surface area contributed by atoms with E-state index >= 15 is 0 Å². The zero-order valence-corrected chi connectivity index (χ0v) is 7.89. The van der Waals surface area contributed by atoms with E-state index in [4.69, 9.17) is 10.1 Å². The Labute approximate surface area is 72.2 Å². The minimum atomic E-state index is -0.500. The van der Waals surface area contributed by atoms with Crippen LogP contribution in [0.1, 0.15) is 13.8 Å². The smallest absolute Gasteiger partial charge is 0.194 e. The summed E-state index contributed by atoms with van der Waals surface area (Å²) in [7, 11) is 2.83. The van der Waals surface area contributed by atoms with Crippen molar-refractivity contribution >= 4 is 0 Å². The molecular weight excluding hydrogens is 158 g/mol. The molecule has 0 amide bonds. The molecule has 0 radical (unpaired) electrons. The number of aromatic nitrogens is 2. The summed E-state index contributed by atoms with van der Waals surface area (Å²) in [6.07, 6.45) is 5.39. The second-order valence-electron chi connectivity index (χ2n) is 1.67. The predicted molar refractivity (Wildman–Crippen MR) is 47.5 cm³/mol. The largest absolute Gasteiger partial charge is 0.341 e. The van der Waals surface area contributed by atoms with Crippen molar-refractivity contribution in [3.05, 3.63) is 28.8 Å². The fourth-order valence-corrected chi connectivity index (χ4v) is 0.326. The molecule has 5 heteroatoms. The summed E-state index contributed by atoms with van der Waals surface area (Å²) < 4.78 is 1.89. The van der Waals surface area contributed by atoms with Gasteiger partial charge in [-0.25, -0.2) is 4.98 Å². The van der Waals surface area contributed by atoms with Gasteiger partial charge in [0.05, 0.1) is 6.33 Å². The molecule has 12 heavy (non-hydrogen) atoms. The molecule has 0 fully saturated rings. The molecule has 5 nitrogen and oxygen atoms in total. The van der Waals surface area contributed by atoms with Crippen LogP contribution in [-0.2, 0) is 7.05 Å². The monoisotopic (exact) mass is 173 g/mol. The third-order valence-electron chi connectivity index (χ3n) is 0.637. The highest BCUT2D eigenvalue weighted by Gasteiger charge is 1.69. The first kappa shape index (κ1) is 13.2. The fourth-order valence-electron chi connectivity index (χ4n) is 0.326. The van der Waals surface area contributed by atoms with Crippen LogP contribution in [0.15, 0.2) is 18.7 Å². The van der Waals surface area contributed by atoms with Gasteiger partial charge in [0.25, 0.3) is 0 Å². The molecule has 0 aliphatic carbocycles. The number of nitrogens with zero attached hydrogens (tertiary/aromatic N) is 3. The molecule has 0 saturated carbocycles. The minimum absolute atomic E-state index is 0.500. The Balaban J connectivity index is 0. The van der Waals surface area contributed by atoms with Crippen LogP contribution in [0, 0.1) is 10.1 Å². The van der Waals surface area contributed by atoms with Crippen molar-refractivity contribution < 1.29 is 4.92 Å². The van der Waals surface area contributed by atoms with Crippen molar-refractivity contribution in [3.63, 3.8) is 0 Å². The first-order chi connectivity index (χ1) is 5.63. The van der Waals surface area contributed by atoms with Crippen LogP contribution in [0.2, 0.25) is 0 Å². The Morgan fingerprint density at radius 1 is 1.50 bits per heavy atom. The van der Waals surface area contributed by atoms with Gasteiger partial charge < -0.3 is 4.57 Å². The van der Waals surface area contributed by atoms with Crippen LogP contribution in [0.4, 0.5) is 0 Å². The lowest BCUT2D eigenvalue weighted by atomic mass is 10.9. The van der Waals surface area contributed by atoms with Crippen molar-refractivity contribution in [1.82, 2.24) is 9.55 Å². The maximum atomic E-state index is 8.81. The number of rotatable bonds is 0. The normalized spacial score (nSPS) is 7.00. The van der Waals surface area contributed by atoms with Gasteiger partial charge in [-0.2, -0.15) is 0 Å². The molecule has 0 unspecified atom stereocenters. The van der Waals surface area contributed by atoms with Crippen LogP contribution in [0.5, 0.6) is 0 Å². The van der Waals surface area contributed by atoms with Gasteiger partial charge in [0.1, 0.15) is 0 Å². The standard InChI is InChI=1S/C4H6N2.C2H6.CH3NO2/c1-6-3-2-5-4-6;1-2;1-2(3)4/h2-4H,1H3;1-2H3;1H3. The molecular formula is C7H15N3O2. The molecule has 0 aliphatic rings. The number of hydrogen-bond acceptors (Lipinski definition) is 3. The third kappa shape index (κ3) is 15.8. The molecule has 0 saturated heterocycles. The van der Waals surface area contributed by atoms with E-state index in [1.807, 2.05) is 31.7 Å². The Kier molecular flexibility index (Phi) is 10.6. The van der Waals surface area contributed by atoms with E-state index in [0.717, 1.165) is 7.05 Å². The molecule has 1 aromatic heterocycles. The predicted octanol–water partition coefficient (Wildman–Crippen LogP) is 1.34. The lowest BCUT2D eigenvalue weighted by Crippen LogP contribution is -1.79. The van der Waals surface area contributed by atoms with Crippen LogP contribution in [-0.4, -0.2) is 21.5 Å². The van der Waals surface area contributed by atoms with Gasteiger partial charge in [-0.3, -0.25) is 10.1 Å². The SMILES string of the molecule is CC.C[N+](=O)[O-].Cn1ccnc1. The zero-order chi connectivity index (χ0) is 9.98. The molecule has 0 aliphatic heterocycles. The van der Waals surface area contributed by atoms with Gasteiger partial charge in [0.2, 0.25) is 0 Å². The van der Waals surface area contributed by atoms with Crippen molar-refractivity contribution in [2.45, 2.75) is 13.8 Å². The average molecular weight is 173 g/mol. The first-order valence-corrected chi connectivity index (χ1v) is 3.63. The highest BCUT2D eigenvalue weighted by atomic mass is 16.6. The van der Waals surface area contributed by atoms with E-state index in [1.165, 1.54) is 0 Å². The Bertz CT molecular complexity index is 181. The Morgan fingerprint density at radius 3 is 2.00 bits per heavy atom. The van der Waals surface area contributed by atoms with Gasteiger partial charge in [0, 0.05) is 24.4 Å². The van der Waals surface area contributed by atoms with Crippen molar-refractivity contribution in [3.8, 4) is 0 Å². The second-order valence-corrected chi connectivity index (χ2v) is 1.67. The number of hydrogen-bond donors (Lipinski definition) is 0. The molecule has 0 bridgehead atoms.